The number of carbonyl (C=O) groups is 1. The van der Waals surface area contributed by atoms with Crippen LogP contribution >= 0.6 is 11.6 Å². The zero-order valence-electron chi connectivity index (χ0n) is 10.4. The monoisotopic (exact) mass is 275 g/mol. The summed E-state index contributed by atoms with van der Waals surface area (Å²) in [7, 11) is 0. The molecule has 0 aliphatic heterocycles. The Bertz CT molecular complexity index is 641. The SMILES string of the molecule is Cc1ccc(Nc2cc(C(N)=O)ccc2N)c(Cl)c1. The molecule has 0 fully saturated rings. The molecular formula is C14H14ClN3O. The van der Waals surface area contributed by atoms with Crippen LogP contribution in [0.5, 0.6) is 0 Å². The van der Waals surface area contributed by atoms with E-state index >= 15 is 0 Å². The summed E-state index contributed by atoms with van der Waals surface area (Å²) in [6.45, 7) is 1.96. The lowest BCUT2D eigenvalue weighted by molar-refractivity contribution is 0.100. The number of hydrogen-bond donors (Lipinski definition) is 3. The Labute approximate surface area is 116 Å². The summed E-state index contributed by atoms with van der Waals surface area (Å²) in [6.07, 6.45) is 0. The van der Waals surface area contributed by atoms with E-state index in [1.807, 2.05) is 25.1 Å². The molecule has 2 aromatic carbocycles. The summed E-state index contributed by atoms with van der Waals surface area (Å²) in [6, 6.07) is 10.5. The molecule has 19 heavy (non-hydrogen) atoms. The average molecular weight is 276 g/mol. The zero-order chi connectivity index (χ0) is 14.0. The van der Waals surface area contributed by atoms with Crippen molar-refractivity contribution in [3.8, 4) is 0 Å². The maximum Gasteiger partial charge on any atom is 0.248 e. The third-order valence-corrected chi connectivity index (χ3v) is 3.04. The van der Waals surface area contributed by atoms with Crippen LogP contribution in [0.15, 0.2) is 36.4 Å². The Morgan fingerprint density at radius 2 is 1.89 bits per heavy atom. The smallest absolute Gasteiger partial charge is 0.248 e. The number of anilines is 3. The normalized spacial score (nSPS) is 10.2. The van der Waals surface area contributed by atoms with Gasteiger partial charge in [0, 0.05) is 5.56 Å². The van der Waals surface area contributed by atoms with Gasteiger partial charge in [0.05, 0.1) is 22.1 Å². The van der Waals surface area contributed by atoms with Crippen LogP contribution in [0.25, 0.3) is 0 Å². The second-order valence-electron chi connectivity index (χ2n) is 4.27. The minimum absolute atomic E-state index is 0.389. The van der Waals surface area contributed by atoms with Crippen molar-refractivity contribution in [3.63, 3.8) is 0 Å². The summed E-state index contributed by atoms with van der Waals surface area (Å²) >= 11 is 6.14. The Kier molecular flexibility index (Phi) is 3.62. The molecule has 5 N–H and O–H groups in total. The van der Waals surface area contributed by atoms with Crippen molar-refractivity contribution in [2.45, 2.75) is 6.92 Å². The molecule has 1 amide bonds. The van der Waals surface area contributed by atoms with Crippen LogP contribution in [0, 0.1) is 6.92 Å². The van der Waals surface area contributed by atoms with E-state index in [4.69, 9.17) is 23.1 Å². The molecule has 98 valence electrons. The Morgan fingerprint density at radius 1 is 1.16 bits per heavy atom. The molecule has 0 aromatic heterocycles. The molecule has 0 aliphatic carbocycles. The van der Waals surface area contributed by atoms with Gasteiger partial charge in [0.15, 0.2) is 0 Å². The molecule has 5 heteroatoms. The van der Waals surface area contributed by atoms with E-state index in [1.54, 1.807) is 18.2 Å². The Hall–Kier alpha value is -2.20. The minimum atomic E-state index is -0.502. The lowest BCUT2D eigenvalue weighted by Gasteiger charge is -2.12. The first-order valence-corrected chi connectivity index (χ1v) is 6.07. The number of amides is 1. The van der Waals surface area contributed by atoms with Crippen LogP contribution in [0.1, 0.15) is 15.9 Å². The van der Waals surface area contributed by atoms with Crippen molar-refractivity contribution in [2.24, 2.45) is 5.73 Å². The molecule has 2 aromatic rings. The number of nitrogens with two attached hydrogens (primary N) is 2. The van der Waals surface area contributed by atoms with E-state index in [1.165, 1.54) is 0 Å². The van der Waals surface area contributed by atoms with Crippen LogP contribution in [0.3, 0.4) is 0 Å². The van der Waals surface area contributed by atoms with Gasteiger partial charge < -0.3 is 16.8 Å². The third kappa shape index (κ3) is 2.98. The largest absolute Gasteiger partial charge is 0.397 e. The van der Waals surface area contributed by atoms with Crippen LogP contribution in [0.4, 0.5) is 17.1 Å². The van der Waals surface area contributed by atoms with Gasteiger partial charge in [-0.15, -0.1) is 0 Å². The molecule has 0 unspecified atom stereocenters. The van der Waals surface area contributed by atoms with E-state index in [2.05, 4.69) is 5.32 Å². The molecule has 0 saturated heterocycles. The highest BCUT2D eigenvalue weighted by atomic mass is 35.5. The Morgan fingerprint density at radius 3 is 2.53 bits per heavy atom. The van der Waals surface area contributed by atoms with Gasteiger partial charge in [0.25, 0.3) is 0 Å². The van der Waals surface area contributed by atoms with Gasteiger partial charge >= 0.3 is 0 Å². The topological polar surface area (TPSA) is 81.1 Å². The lowest BCUT2D eigenvalue weighted by atomic mass is 10.1. The second-order valence-corrected chi connectivity index (χ2v) is 4.68. The van der Waals surface area contributed by atoms with Gasteiger partial charge in [-0.2, -0.15) is 0 Å². The summed E-state index contributed by atoms with van der Waals surface area (Å²) in [5.41, 5.74) is 14.4. The van der Waals surface area contributed by atoms with Crippen LogP contribution in [0.2, 0.25) is 5.02 Å². The van der Waals surface area contributed by atoms with Crippen molar-refractivity contribution in [1.82, 2.24) is 0 Å². The van der Waals surface area contributed by atoms with Gasteiger partial charge in [0.1, 0.15) is 0 Å². The highest BCUT2D eigenvalue weighted by molar-refractivity contribution is 6.33. The van der Waals surface area contributed by atoms with E-state index < -0.39 is 5.91 Å². The van der Waals surface area contributed by atoms with Gasteiger partial charge in [0.2, 0.25) is 5.91 Å². The van der Waals surface area contributed by atoms with Gasteiger partial charge in [-0.25, -0.2) is 0 Å². The first kappa shape index (κ1) is 13.2. The van der Waals surface area contributed by atoms with Gasteiger partial charge in [-0.1, -0.05) is 17.7 Å². The van der Waals surface area contributed by atoms with Crippen molar-refractivity contribution >= 4 is 34.6 Å². The van der Waals surface area contributed by atoms with Crippen molar-refractivity contribution in [1.29, 1.82) is 0 Å². The Balaban J connectivity index is 2.37. The summed E-state index contributed by atoms with van der Waals surface area (Å²) in [4.78, 5) is 11.2. The van der Waals surface area contributed by atoms with E-state index in [0.717, 1.165) is 11.3 Å². The third-order valence-electron chi connectivity index (χ3n) is 2.73. The molecule has 0 saturated carbocycles. The number of nitrogen functional groups attached to an aromatic ring is 1. The van der Waals surface area contributed by atoms with Crippen LogP contribution in [-0.2, 0) is 0 Å². The fraction of sp³-hybridized carbons (Fsp3) is 0.0714. The number of primary amides is 1. The molecule has 0 heterocycles. The minimum Gasteiger partial charge on any atom is -0.397 e. The standard InChI is InChI=1S/C14H14ClN3O/c1-8-2-5-12(10(15)6-8)18-13-7-9(14(17)19)3-4-11(13)16/h2-7,18H,16H2,1H3,(H2,17,19). The first-order chi connectivity index (χ1) is 8.97. The number of hydrogen-bond acceptors (Lipinski definition) is 3. The quantitative estimate of drug-likeness (QED) is 0.753. The second kappa shape index (κ2) is 5.20. The van der Waals surface area contributed by atoms with E-state index in [0.29, 0.717) is 22.0 Å². The van der Waals surface area contributed by atoms with Gasteiger partial charge in [-0.05, 0) is 42.8 Å². The van der Waals surface area contributed by atoms with Crippen molar-refractivity contribution in [3.05, 3.63) is 52.5 Å². The zero-order valence-corrected chi connectivity index (χ0v) is 11.2. The molecule has 2 rings (SSSR count). The number of rotatable bonds is 3. The molecule has 4 nitrogen and oxygen atoms in total. The van der Waals surface area contributed by atoms with Crippen LogP contribution < -0.4 is 16.8 Å². The molecular weight excluding hydrogens is 262 g/mol. The number of carbonyl (C=O) groups excluding carboxylic acids is 1. The molecule has 0 aliphatic rings. The predicted octanol–water partition coefficient (Wildman–Crippen LogP) is 3.07. The van der Waals surface area contributed by atoms with Crippen molar-refractivity contribution in [2.75, 3.05) is 11.1 Å². The molecule has 0 atom stereocenters. The molecule has 0 radical (unpaired) electrons. The highest BCUT2D eigenvalue weighted by Crippen LogP contribution is 2.29. The van der Waals surface area contributed by atoms with Gasteiger partial charge in [-0.3, -0.25) is 4.79 Å². The summed E-state index contributed by atoms with van der Waals surface area (Å²) in [5, 5.41) is 3.69. The van der Waals surface area contributed by atoms with E-state index in [9.17, 15) is 4.79 Å². The number of halogens is 1. The van der Waals surface area contributed by atoms with Crippen molar-refractivity contribution < 1.29 is 4.79 Å². The predicted molar refractivity (Wildman–Crippen MR) is 78.8 cm³/mol. The average Bonchev–Trinajstić information content (AvgIpc) is 2.34. The first-order valence-electron chi connectivity index (χ1n) is 5.70. The fourth-order valence-electron chi connectivity index (χ4n) is 1.68. The highest BCUT2D eigenvalue weighted by Gasteiger charge is 2.07. The number of benzene rings is 2. The molecule has 0 bridgehead atoms. The van der Waals surface area contributed by atoms with E-state index in [-0.39, 0.29) is 0 Å². The summed E-state index contributed by atoms with van der Waals surface area (Å²) < 4.78 is 0. The molecule has 0 spiro atoms. The summed E-state index contributed by atoms with van der Waals surface area (Å²) in [5.74, 6) is -0.502. The maximum absolute atomic E-state index is 11.2. The maximum atomic E-state index is 11.2. The fourth-order valence-corrected chi connectivity index (χ4v) is 1.97. The number of aryl methyl sites for hydroxylation is 1. The lowest BCUT2D eigenvalue weighted by Crippen LogP contribution is -2.11. The number of nitrogens with one attached hydrogen (secondary N) is 1. The van der Waals surface area contributed by atoms with Crippen LogP contribution in [-0.4, -0.2) is 5.91 Å².